The molecule has 4 aromatic rings. The number of ether oxygens (including phenoxy) is 2. The Morgan fingerprint density at radius 2 is 1.59 bits per heavy atom. The SMILES string of the molecule is CSc1nc2cc(Cl)nc(OC[C@H](CCO[Si](c3ccccc3)(c3ccccc3)C(C)(C)C)N(C)C(=O)OC(C)(C)C)c2c(=O)[nH]1. The van der Waals surface area contributed by atoms with Crippen molar-refractivity contribution in [3.05, 3.63) is 82.2 Å². The van der Waals surface area contributed by atoms with Crippen molar-refractivity contribution in [2.45, 2.75) is 69.8 Å². The summed E-state index contributed by atoms with van der Waals surface area (Å²) in [5, 5.41) is 2.88. The van der Waals surface area contributed by atoms with Crippen molar-refractivity contribution in [3.63, 3.8) is 0 Å². The van der Waals surface area contributed by atoms with Crippen LogP contribution in [0, 0.1) is 0 Å². The fourth-order valence-corrected chi connectivity index (χ4v) is 10.6. The predicted molar refractivity (Wildman–Crippen MR) is 188 cm³/mol. The van der Waals surface area contributed by atoms with E-state index < -0.39 is 26.1 Å². The van der Waals surface area contributed by atoms with Crippen LogP contribution < -0.4 is 20.7 Å². The van der Waals surface area contributed by atoms with E-state index in [0.717, 1.165) is 10.4 Å². The smallest absolute Gasteiger partial charge is 0.410 e. The Bertz CT molecular complexity index is 1650. The van der Waals surface area contributed by atoms with Crippen LogP contribution in [0.25, 0.3) is 10.9 Å². The molecule has 0 unspecified atom stereocenters. The highest BCUT2D eigenvalue weighted by atomic mass is 35.5. The first-order valence-electron chi connectivity index (χ1n) is 15.1. The largest absolute Gasteiger partial charge is 0.475 e. The van der Waals surface area contributed by atoms with E-state index in [2.05, 4.69) is 60.0 Å². The summed E-state index contributed by atoms with van der Waals surface area (Å²) in [6.07, 6.45) is 1.74. The number of H-pyrrole nitrogens is 1. The van der Waals surface area contributed by atoms with Crippen molar-refractivity contribution < 1.29 is 18.7 Å². The third kappa shape index (κ3) is 8.12. The summed E-state index contributed by atoms with van der Waals surface area (Å²) in [5.74, 6) is 0.0411. The molecule has 0 spiro atoms. The van der Waals surface area contributed by atoms with Crippen molar-refractivity contribution in [2.75, 3.05) is 26.5 Å². The molecule has 9 nitrogen and oxygen atoms in total. The zero-order valence-corrected chi connectivity index (χ0v) is 30.3. The third-order valence-electron chi connectivity index (χ3n) is 7.63. The Morgan fingerprint density at radius 1 is 1.00 bits per heavy atom. The van der Waals surface area contributed by atoms with E-state index in [1.165, 1.54) is 22.7 Å². The number of aromatic amines is 1. The number of fused-ring (bicyclic) bond motifs is 1. The molecular weight excluding hydrogens is 640 g/mol. The lowest BCUT2D eigenvalue weighted by atomic mass is 10.2. The molecule has 12 heteroatoms. The van der Waals surface area contributed by atoms with Gasteiger partial charge in [0.2, 0.25) is 5.88 Å². The maximum Gasteiger partial charge on any atom is 0.410 e. The number of likely N-dealkylation sites (N-methyl/N-ethyl adjacent to an activating group) is 1. The normalized spacial score (nSPS) is 13.0. The Labute approximate surface area is 281 Å². The molecule has 2 aromatic carbocycles. The zero-order chi connectivity index (χ0) is 33.7. The van der Waals surface area contributed by atoms with E-state index in [0.29, 0.717) is 23.7 Å². The van der Waals surface area contributed by atoms with Crippen LogP contribution in [0.2, 0.25) is 10.2 Å². The van der Waals surface area contributed by atoms with Gasteiger partial charge >= 0.3 is 6.09 Å². The maximum absolute atomic E-state index is 13.3. The standard InChI is InChI=1S/C34H43ClN4O5SSi/c1-33(2,3)44-32(41)39(7)23(22-42-30-28-26(21-27(35)37-30)36-31(45-8)38-29(28)40)19-20-43-46(34(4,5)6,24-15-11-9-12-16-24)25-17-13-10-14-18-25/h9-18,21,23H,19-20,22H2,1-8H3,(H,36,38,40)/t23-/m0/s1. The maximum atomic E-state index is 13.3. The molecule has 0 bridgehead atoms. The Hall–Kier alpha value is -3.38. The fraction of sp³-hybridized carbons (Fsp3) is 0.412. The number of nitrogens with zero attached hydrogens (tertiary/aromatic N) is 3. The van der Waals surface area contributed by atoms with E-state index in [-0.39, 0.29) is 33.6 Å². The van der Waals surface area contributed by atoms with Crippen LogP contribution in [-0.2, 0) is 9.16 Å². The first kappa shape index (κ1) is 35.5. The molecule has 1 atom stereocenters. The molecule has 0 saturated heterocycles. The van der Waals surface area contributed by atoms with Crippen molar-refractivity contribution in [1.82, 2.24) is 19.9 Å². The van der Waals surface area contributed by atoms with Crippen LogP contribution >= 0.6 is 23.4 Å². The van der Waals surface area contributed by atoms with E-state index in [9.17, 15) is 9.59 Å². The molecule has 0 aliphatic heterocycles. The Kier molecular flexibility index (Phi) is 11.2. The second-order valence-electron chi connectivity index (χ2n) is 13.1. The molecule has 0 saturated carbocycles. The highest BCUT2D eigenvalue weighted by molar-refractivity contribution is 7.98. The summed E-state index contributed by atoms with van der Waals surface area (Å²) < 4.78 is 19.0. The Balaban J connectivity index is 1.68. The number of nitrogens with one attached hydrogen (secondary N) is 1. The molecule has 1 amide bonds. The number of hydrogen-bond acceptors (Lipinski definition) is 8. The van der Waals surface area contributed by atoms with Gasteiger partial charge in [-0.05, 0) is 48.9 Å². The number of benzene rings is 2. The van der Waals surface area contributed by atoms with Gasteiger partial charge in [0.05, 0.1) is 11.6 Å². The minimum absolute atomic E-state index is 0.00596. The number of carbonyl (C=O) groups is 1. The Morgan fingerprint density at radius 3 is 2.11 bits per heavy atom. The van der Waals surface area contributed by atoms with Crippen molar-refractivity contribution in [3.8, 4) is 5.88 Å². The van der Waals surface area contributed by atoms with Gasteiger partial charge in [0.15, 0.2) is 5.16 Å². The number of rotatable bonds is 11. The highest BCUT2D eigenvalue weighted by Gasteiger charge is 2.50. The van der Waals surface area contributed by atoms with Crippen LogP contribution in [0.15, 0.2) is 76.7 Å². The van der Waals surface area contributed by atoms with E-state index in [4.69, 9.17) is 25.5 Å². The molecule has 0 aliphatic carbocycles. The average Bonchev–Trinajstić information content (AvgIpc) is 2.99. The summed E-state index contributed by atoms with van der Waals surface area (Å²) in [6.45, 7) is 12.5. The number of thioether (sulfide) groups is 1. The second kappa shape index (κ2) is 14.6. The lowest BCUT2D eigenvalue weighted by Crippen LogP contribution is -2.66. The van der Waals surface area contributed by atoms with Gasteiger partial charge < -0.3 is 23.8 Å². The number of hydrogen-bond donors (Lipinski definition) is 1. The lowest BCUT2D eigenvalue weighted by molar-refractivity contribution is 0.0150. The predicted octanol–water partition coefficient (Wildman–Crippen LogP) is 6.27. The monoisotopic (exact) mass is 682 g/mol. The van der Waals surface area contributed by atoms with Crippen LogP contribution in [0.5, 0.6) is 5.88 Å². The summed E-state index contributed by atoms with van der Waals surface area (Å²) in [7, 11) is -1.15. The molecule has 1 N–H and O–H groups in total. The first-order valence-corrected chi connectivity index (χ1v) is 18.7. The average molecular weight is 683 g/mol. The van der Waals surface area contributed by atoms with Crippen molar-refractivity contribution in [2.24, 2.45) is 0 Å². The molecule has 46 heavy (non-hydrogen) atoms. The van der Waals surface area contributed by atoms with E-state index >= 15 is 0 Å². The summed E-state index contributed by atoms with van der Waals surface area (Å²) in [5.41, 5.74) is -0.711. The van der Waals surface area contributed by atoms with E-state index in [1.54, 1.807) is 7.05 Å². The van der Waals surface area contributed by atoms with Crippen molar-refractivity contribution >= 4 is 59.0 Å². The van der Waals surface area contributed by atoms with Gasteiger partial charge in [-0.3, -0.25) is 4.79 Å². The summed E-state index contributed by atoms with van der Waals surface area (Å²) in [6, 6.07) is 21.8. The topological polar surface area (TPSA) is 107 Å². The molecule has 246 valence electrons. The molecule has 0 radical (unpaired) electrons. The van der Waals surface area contributed by atoms with E-state index in [1.807, 2.05) is 63.4 Å². The van der Waals surface area contributed by atoms with Crippen LogP contribution in [0.1, 0.15) is 48.0 Å². The number of aromatic nitrogens is 3. The second-order valence-corrected chi connectivity index (χ2v) is 18.6. The summed E-state index contributed by atoms with van der Waals surface area (Å²) >= 11 is 7.62. The minimum atomic E-state index is -2.82. The summed E-state index contributed by atoms with van der Waals surface area (Å²) in [4.78, 5) is 39.3. The highest BCUT2D eigenvalue weighted by Crippen LogP contribution is 2.37. The fourth-order valence-electron chi connectivity index (χ4n) is 5.44. The number of carbonyl (C=O) groups excluding carboxylic acids is 1. The molecule has 0 fully saturated rings. The first-order chi connectivity index (χ1) is 21.7. The van der Waals surface area contributed by atoms with Gasteiger partial charge in [-0.25, -0.2) is 14.8 Å². The van der Waals surface area contributed by atoms with Gasteiger partial charge in [-0.1, -0.05) is 105 Å². The van der Waals surface area contributed by atoms with Gasteiger partial charge in [0.1, 0.15) is 22.7 Å². The molecule has 2 heterocycles. The molecule has 4 rings (SSSR count). The molecule has 0 aliphatic rings. The van der Waals surface area contributed by atoms with Gasteiger partial charge in [0.25, 0.3) is 13.9 Å². The van der Waals surface area contributed by atoms with Gasteiger partial charge in [0, 0.05) is 19.7 Å². The third-order valence-corrected chi connectivity index (χ3v) is 13.4. The molecule has 2 aromatic heterocycles. The van der Waals surface area contributed by atoms with Gasteiger partial charge in [-0.15, -0.1) is 0 Å². The minimum Gasteiger partial charge on any atom is -0.475 e. The van der Waals surface area contributed by atoms with Crippen LogP contribution in [-0.4, -0.2) is 72.4 Å². The number of pyridine rings is 1. The van der Waals surface area contributed by atoms with Crippen molar-refractivity contribution in [1.29, 1.82) is 0 Å². The molecular formula is C34H43ClN4O5SSi. The number of amides is 1. The van der Waals surface area contributed by atoms with Gasteiger partial charge in [-0.2, -0.15) is 0 Å². The zero-order valence-electron chi connectivity index (χ0n) is 27.7. The number of halogens is 1. The lowest BCUT2D eigenvalue weighted by Gasteiger charge is -2.43. The quantitative estimate of drug-likeness (QED) is 0.0854. The van der Waals surface area contributed by atoms with Crippen LogP contribution in [0.3, 0.4) is 0 Å². The van der Waals surface area contributed by atoms with Crippen LogP contribution in [0.4, 0.5) is 4.79 Å².